The van der Waals surface area contributed by atoms with Crippen LogP contribution in [0.25, 0.3) is 11.5 Å². The lowest BCUT2D eigenvalue weighted by Gasteiger charge is -1.93. The highest BCUT2D eigenvalue weighted by Gasteiger charge is 2.05. The minimum Gasteiger partial charge on any atom is -0.403 e. The molecule has 0 atom stereocenters. The van der Waals surface area contributed by atoms with E-state index in [2.05, 4.69) is 20.5 Å². The molecule has 0 fully saturated rings. The first-order chi connectivity index (χ1) is 11.3. The lowest BCUT2D eigenvalue weighted by atomic mass is 10.1. The van der Waals surface area contributed by atoms with Gasteiger partial charge in [0.2, 0.25) is 5.89 Å². The number of aromatic nitrogens is 3. The number of hydrogen-bond acceptors (Lipinski definition) is 6. The largest absolute Gasteiger partial charge is 0.403 e. The van der Waals surface area contributed by atoms with E-state index < -0.39 is 0 Å². The fraction of sp³-hybridized carbons (Fsp3) is 0.176. The van der Waals surface area contributed by atoms with Crippen LogP contribution in [-0.4, -0.2) is 28.5 Å². The Morgan fingerprint density at radius 1 is 1.09 bits per heavy atom. The van der Waals surface area contributed by atoms with Gasteiger partial charge >= 0.3 is 6.01 Å². The van der Waals surface area contributed by atoms with E-state index in [9.17, 15) is 4.79 Å². The zero-order chi connectivity index (χ0) is 16.3. The van der Waals surface area contributed by atoms with Crippen LogP contribution in [0.4, 0.5) is 6.01 Å². The standard InChI is InChI=1S/C9H10O.C8H8N4O/c10-8-4-7-9-5-2-1-3-6-9;1-9-8-12-11-7(13-8)6-2-4-10-5-3-6/h1-3,5-6,8H,4,7H2;2-5H,1H3,(H,9,12). The number of aldehydes is 1. The van der Waals surface area contributed by atoms with Crippen molar-refractivity contribution in [3.8, 4) is 11.5 Å². The Labute approximate surface area is 134 Å². The predicted molar refractivity (Wildman–Crippen MR) is 87.9 cm³/mol. The first-order valence-corrected chi connectivity index (χ1v) is 7.22. The minimum absolute atomic E-state index is 0.409. The molecule has 0 aliphatic heterocycles. The van der Waals surface area contributed by atoms with Gasteiger partial charge in [-0.15, -0.1) is 5.10 Å². The summed E-state index contributed by atoms with van der Waals surface area (Å²) in [7, 11) is 1.73. The summed E-state index contributed by atoms with van der Waals surface area (Å²) >= 11 is 0. The van der Waals surface area contributed by atoms with Crippen molar-refractivity contribution in [3.63, 3.8) is 0 Å². The van der Waals surface area contributed by atoms with Gasteiger partial charge in [-0.05, 0) is 24.1 Å². The quantitative estimate of drug-likeness (QED) is 0.730. The first kappa shape index (κ1) is 16.4. The molecule has 0 saturated heterocycles. The molecule has 0 aliphatic rings. The summed E-state index contributed by atoms with van der Waals surface area (Å²) < 4.78 is 5.26. The van der Waals surface area contributed by atoms with Gasteiger partial charge in [0.1, 0.15) is 6.29 Å². The fourth-order valence-corrected chi connectivity index (χ4v) is 1.81. The number of pyridine rings is 1. The molecule has 0 spiro atoms. The van der Waals surface area contributed by atoms with Crippen LogP contribution in [0.1, 0.15) is 12.0 Å². The number of carbonyl (C=O) groups excluding carboxylic acids is 1. The van der Waals surface area contributed by atoms with Gasteiger partial charge in [0, 0.05) is 31.4 Å². The Kier molecular flexibility index (Phi) is 6.46. The second kappa shape index (κ2) is 9.09. The van der Waals surface area contributed by atoms with Crippen molar-refractivity contribution in [2.45, 2.75) is 12.8 Å². The number of hydrogen-bond donors (Lipinski definition) is 1. The van der Waals surface area contributed by atoms with Crippen molar-refractivity contribution in [3.05, 3.63) is 60.4 Å². The zero-order valence-electron chi connectivity index (χ0n) is 12.8. The molecule has 6 nitrogen and oxygen atoms in total. The molecule has 23 heavy (non-hydrogen) atoms. The van der Waals surface area contributed by atoms with Gasteiger partial charge in [-0.1, -0.05) is 35.4 Å². The van der Waals surface area contributed by atoms with Gasteiger partial charge < -0.3 is 14.5 Å². The molecule has 1 aromatic carbocycles. The maximum absolute atomic E-state index is 9.98. The molecule has 1 N–H and O–H groups in total. The third-order valence-electron chi connectivity index (χ3n) is 2.96. The van der Waals surface area contributed by atoms with Gasteiger partial charge in [0.15, 0.2) is 0 Å². The van der Waals surface area contributed by atoms with E-state index in [0.717, 1.165) is 18.3 Å². The molecule has 0 saturated carbocycles. The van der Waals surface area contributed by atoms with Crippen molar-refractivity contribution < 1.29 is 9.21 Å². The lowest BCUT2D eigenvalue weighted by molar-refractivity contribution is -0.107. The highest BCUT2D eigenvalue weighted by atomic mass is 16.4. The number of rotatable bonds is 5. The summed E-state index contributed by atoms with van der Waals surface area (Å²) in [6.07, 6.45) is 5.80. The molecule has 2 aromatic heterocycles. The highest BCUT2D eigenvalue weighted by Crippen LogP contribution is 2.17. The summed E-state index contributed by atoms with van der Waals surface area (Å²) in [6.45, 7) is 0. The summed E-state index contributed by atoms with van der Waals surface area (Å²) in [4.78, 5) is 13.9. The van der Waals surface area contributed by atoms with Gasteiger partial charge in [0.05, 0.1) is 0 Å². The second-order valence-corrected chi connectivity index (χ2v) is 4.59. The number of carbonyl (C=O) groups is 1. The highest BCUT2D eigenvalue weighted by molar-refractivity contribution is 5.51. The molecule has 0 bridgehead atoms. The second-order valence-electron chi connectivity index (χ2n) is 4.59. The van der Waals surface area contributed by atoms with E-state index in [1.54, 1.807) is 19.4 Å². The van der Waals surface area contributed by atoms with E-state index in [0.29, 0.717) is 18.3 Å². The average Bonchev–Trinajstić information content (AvgIpc) is 3.11. The number of benzene rings is 1. The van der Waals surface area contributed by atoms with E-state index in [-0.39, 0.29) is 0 Å². The topological polar surface area (TPSA) is 80.9 Å². The van der Waals surface area contributed by atoms with Crippen molar-refractivity contribution in [2.75, 3.05) is 12.4 Å². The van der Waals surface area contributed by atoms with Crippen LogP contribution >= 0.6 is 0 Å². The van der Waals surface area contributed by atoms with Crippen LogP contribution in [0.15, 0.2) is 59.3 Å². The average molecular weight is 310 g/mol. The van der Waals surface area contributed by atoms with E-state index in [4.69, 9.17) is 4.42 Å². The van der Waals surface area contributed by atoms with Crippen LogP contribution in [0.3, 0.4) is 0 Å². The Morgan fingerprint density at radius 3 is 2.43 bits per heavy atom. The van der Waals surface area contributed by atoms with Crippen molar-refractivity contribution >= 4 is 12.3 Å². The molecule has 0 radical (unpaired) electrons. The Morgan fingerprint density at radius 2 is 1.83 bits per heavy atom. The van der Waals surface area contributed by atoms with Crippen LogP contribution in [0, 0.1) is 0 Å². The molecule has 0 amide bonds. The minimum atomic E-state index is 0.409. The zero-order valence-corrected chi connectivity index (χ0v) is 12.8. The molecule has 0 aliphatic carbocycles. The van der Waals surface area contributed by atoms with E-state index in [1.807, 2.05) is 42.5 Å². The van der Waals surface area contributed by atoms with Crippen LogP contribution < -0.4 is 5.32 Å². The van der Waals surface area contributed by atoms with Gasteiger partial charge in [-0.2, -0.15) is 0 Å². The normalized spacial score (nSPS) is 9.61. The van der Waals surface area contributed by atoms with Crippen LogP contribution in [-0.2, 0) is 11.2 Å². The molecular weight excluding hydrogens is 292 g/mol. The summed E-state index contributed by atoms with van der Waals surface area (Å²) in [5.74, 6) is 0.492. The van der Waals surface area contributed by atoms with Crippen molar-refractivity contribution in [2.24, 2.45) is 0 Å². The Hall–Kier alpha value is -3.02. The SMILES string of the molecule is CNc1nnc(-c2ccncc2)o1.O=CCCc1ccccc1. The summed E-state index contributed by atoms with van der Waals surface area (Å²) in [5, 5.41) is 10.4. The molecule has 6 heteroatoms. The summed E-state index contributed by atoms with van der Waals surface area (Å²) in [5.41, 5.74) is 2.10. The van der Waals surface area contributed by atoms with Crippen molar-refractivity contribution in [1.29, 1.82) is 0 Å². The van der Waals surface area contributed by atoms with Crippen LogP contribution in [0.5, 0.6) is 0 Å². The molecule has 0 unspecified atom stereocenters. The first-order valence-electron chi connectivity index (χ1n) is 7.22. The Balaban J connectivity index is 0.000000174. The number of anilines is 1. The summed E-state index contributed by atoms with van der Waals surface area (Å²) in [6, 6.07) is 14.0. The number of aryl methyl sites for hydroxylation is 1. The van der Waals surface area contributed by atoms with Gasteiger partial charge in [-0.25, -0.2) is 0 Å². The third kappa shape index (κ3) is 5.35. The molecule has 3 aromatic rings. The molecule has 2 heterocycles. The van der Waals surface area contributed by atoms with E-state index in [1.165, 1.54) is 5.56 Å². The molecular formula is C17H18N4O2. The number of nitrogens with zero attached hydrogens (tertiary/aromatic N) is 3. The lowest BCUT2D eigenvalue weighted by Crippen LogP contribution is -1.85. The molecule has 3 rings (SSSR count). The monoisotopic (exact) mass is 310 g/mol. The predicted octanol–water partition coefficient (Wildman–Crippen LogP) is 2.99. The van der Waals surface area contributed by atoms with Crippen LogP contribution in [0.2, 0.25) is 0 Å². The smallest absolute Gasteiger partial charge is 0.315 e. The van der Waals surface area contributed by atoms with Gasteiger partial charge in [-0.3, -0.25) is 4.98 Å². The maximum atomic E-state index is 9.98. The third-order valence-corrected chi connectivity index (χ3v) is 2.96. The molecule has 118 valence electrons. The van der Waals surface area contributed by atoms with Crippen molar-refractivity contribution in [1.82, 2.24) is 15.2 Å². The maximum Gasteiger partial charge on any atom is 0.315 e. The fourth-order valence-electron chi connectivity index (χ4n) is 1.81. The van der Waals surface area contributed by atoms with E-state index >= 15 is 0 Å². The number of nitrogens with one attached hydrogen (secondary N) is 1. The van der Waals surface area contributed by atoms with Gasteiger partial charge in [0.25, 0.3) is 0 Å². The Bertz CT molecular complexity index is 699.